The Balaban J connectivity index is 1.80. The van der Waals surface area contributed by atoms with Crippen molar-refractivity contribution in [2.45, 2.75) is 38.3 Å². The number of rotatable bonds is 7. The van der Waals surface area contributed by atoms with Crippen molar-refractivity contribution in [3.05, 3.63) is 29.8 Å². The van der Waals surface area contributed by atoms with Crippen molar-refractivity contribution in [3.63, 3.8) is 0 Å². The SMILES string of the molecule is CCOc1ccccc1C(N)COCC1CCCCO1. The Labute approximate surface area is 121 Å². The number of hydrogen-bond donors (Lipinski definition) is 1. The van der Waals surface area contributed by atoms with Crippen molar-refractivity contribution >= 4 is 0 Å². The molecule has 1 aromatic carbocycles. The van der Waals surface area contributed by atoms with Crippen LogP contribution in [0.5, 0.6) is 5.75 Å². The lowest BCUT2D eigenvalue weighted by Crippen LogP contribution is -2.27. The molecule has 2 rings (SSSR count). The van der Waals surface area contributed by atoms with Crippen LogP contribution in [-0.4, -0.2) is 32.5 Å². The van der Waals surface area contributed by atoms with Gasteiger partial charge in [-0.15, -0.1) is 0 Å². The quantitative estimate of drug-likeness (QED) is 0.833. The number of para-hydroxylation sites is 1. The molecule has 1 aliphatic rings. The van der Waals surface area contributed by atoms with Crippen LogP contribution in [0.2, 0.25) is 0 Å². The lowest BCUT2D eigenvalue weighted by Gasteiger charge is -2.23. The molecule has 0 aliphatic carbocycles. The Kier molecular flexibility index (Phi) is 6.30. The van der Waals surface area contributed by atoms with Crippen LogP contribution in [0.4, 0.5) is 0 Å². The highest BCUT2D eigenvalue weighted by atomic mass is 16.5. The second-order valence-corrected chi connectivity index (χ2v) is 5.10. The van der Waals surface area contributed by atoms with E-state index in [0.29, 0.717) is 19.8 Å². The third kappa shape index (κ3) is 4.47. The fraction of sp³-hybridized carbons (Fsp3) is 0.625. The zero-order valence-electron chi connectivity index (χ0n) is 12.2. The lowest BCUT2D eigenvalue weighted by atomic mass is 10.1. The van der Waals surface area contributed by atoms with E-state index < -0.39 is 0 Å². The summed E-state index contributed by atoms with van der Waals surface area (Å²) in [5.41, 5.74) is 7.19. The van der Waals surface area contributed by atoms with E-state index in [1.54, 1.807) is 0 Å². The third-order valence-corrected chi connectivity index (χ3v) is 3.49. The second kappa shape index (κ2) is 8.25. The lowest BCUT2D eigenvalue weighted by molar-refractivity contribution is -0.0429. The fourth-order valence-corrected chi connectivity index (χ4v) is 2.43. The number of nitrogens with two attached hydrogens (primary N) is 1. The molecule has 2 N–H and O–H groups in total. The molecular formula is C16H25NO3. The summed E-state index contributed by atoms with van der Waals surface area (Å²) in [5, 5.41) is 0. The monoisotopic (exact) mass is 279 g/mol. The zero-order valence-corrected chi connectivity index (χ0v) is 12.2. The van der Waals surface area contributed by atoms with Gasteiger partial charge in [0.2, 0.25) is 0 Å². The van der Waals surface area contributed by atoms with E-state index in [9.17, 15) is 0 Å². The van der Waals surface area contributed by atoms with Crippen LogP contribution < -0.4 is 10.5 Å². The molecule has 112 valence electrons. The van der Waals surface area contributed by atoms with E-state index in [0.717, 1.165) is 30.8 Å². The smallest absolute Gasteiger partial charge is 0.124 e. The highest BCUT2D eigenvalue weighted by Crippen LogP contribution is 2.24. The first-order valence-corrected chi connectivity index (χ1v) is 7.48. The summed E-state index contributed by atoms with van der Waals surface area (Å²) in [4.78, 5) is 0. The number of hydrogen-bond acceptors (Lipinski definition) is 4. The molecule has 1 saturated heterocycles. The molecule has 0 aromatic heterocycles. The van der Waals surface area contributed by atoms with Gasteiger partial charge in [-0.05, 0) is 32.3 Å². The second-order valence-electron chi connectivity index (χ2n) is 5.10. The van der Waals surface area contributed by atoms with Gasteiger partial charge >= 0.3 is 0 Å². The van der Waals surface area contributed by atoms with Gasteiger partial charge in [0.25, 0.3) is 0 Å². The maximum absolute atomic E-state index is 6.20. The molecule has 0 radical (unpaired) electrons. The summed E-state index contributed by atoms with van der Waals surface area (Å²) >= 11 is 0. The van der Waals surface area contributed by atoms with Crippen LogP contribution in [0, 0.1) is 0 Å². The first-order valence-electron chi connectivity index (χ1n) is 7.48. The largest absolute Gasteiger partial charge is 0.494 e. The van der Waals surface area contributed by atoms with E-state index in [1.165, 1.54) is 6.42 Å². The summed E-state index contributed by atoms with van der Waals surface area (Å²) in [6.45, 7) is 4.58. The maximum Gasteiger partial charge on any atom is 0.124 e. The van der Waals surface area contributed by atoms with Gasteiger partial charge in [-0.2, -0.15) is 0 Å². The van der Waals surface area contributed by atoms with Gasteiger partial charge in [0.05, 0.1) is 32.0 Å². The third-order valence-electron chi connectivity index (χ3n) is 3.49. The molecule has 4 nitrogen and oxygen atoms in total. The van der Waals surface area contributed by atoms with Gasteiger partial charge in [0.15, 0.2) is 0 Å². The molecule has 0 spiro atoms. The first-order chi connectivity index (χ1) is 9.81. The average Bonchev–Trinajstić information content (AvgIpc) is 2.49. The summed E-state index contributed by atoms with van der Waals surface area (Å²) in [5.74, 6) is 0.847. The highest BCUT2D eigenvalue weighted by molar-refractivity contribution is 5.35. The molecule has 2 atom stereocenters. The summed E-state index contributed by atoms with van der Waals surface area (Å²) in [6.07, 6.45) is 3.72. The first kappa shape index (κ1) is 15.3. The standard InChI is InChI=1S/C16H25NO3/c1-2-19-16-9-4-3-8-14(16)15(17)12-18-11-13-7-5-6-10-20-13/h3-4,8-9,13,15H,2,5-7,10-12,17H2,1H3. The van der Waals surface area contributed by atoms with E-state index in [1.807, 2.05) is 31.2 Å². The van der Waals surface area contributed by atoms with Crippen LogP contribution in [0.1, 0.15) is 37.8 Å². The molecular weight excluding hydrogens is 254 g/mol. The normalized spacial score (nSPS) is 20.6. The van der Waals surface area contributed by atoms with E-state index in [-0.39, 0.29) is 12.1 Å². The molecule has 0 saturated carbocycles. The van der Waals surface area contributed by atoms with E-state index in [4.69, 9.17) is 19.9 Å². The van der Waals surface area contributed by atoms with Crippen molar-refractivity contribution in [1.82, 2.24) is 0 Å². The van der Waals surface area contributed by atoms with Crippen LogP contribution in [0.3, 0.4) is 0 Å². The van der Waals surface area contributed by atoms with Crippen molar-refractivity contribution in [2.24, 2.45) is 5.73 Å². The molecule has 1 heterocycles. The minimum Gasteiger partial charge on any atom is -0.494 e. The number of ether oxygens (including phenoxy) is 3. The van der Waals surface area contributed by atoms with Crippen LogP contribution in [-0.2, 0) is 9.47 Å². The van der Waals surface area contributed by atoms with Gasteiger partial charge in [-0.3, -0.25) is 0 Å². The summed E-state index contributed by atoms with van der Waals surface area (Å²) in [6, 6.07) is 7.71. The zero-order chi connectivity index (χ0) is 14.2. The molecule has 0 bridgehead atoms. The minimum atomic E-state index is -0.165. The molecule has 2 unspecified atom stereocenters. The fourth-order valence-electron chi connectivity index (χ4n) is 2.43. The van der Waals surface area contributed by atoms with Crippen molar-refractivity contribution < 1.29 is 14.2 Å². The summed E-state index contributed by atoms with van der Waals surface area (Å²) in [7, 11) is 0. The Bertz CT molecular complexity index is 391. The van der Waals surface area contributed by atoms with Crippen LogP contribution in [0.15, 0.2) is 24.3 Å². The van der Waals surface area contributed by atoms with Gasteiger partial charge in [-0.25, -0.2) is 0 Å². The Hall–Kier alpha value is -1.10. The minimum absolute atomic E-state index is 0.165. The molecule has 4 heteroatoms. The van der Waals surface area contributed by atoms with Crippen molar-refractivity contribution in [2.75, 3.05) is 26.4 Å². The molecule has 20 heavy (non-hydrogen) atoms. The Morgan fingerprint density at radius 3 is 2.95 bits per heavy atom. The highest BCUT2D eigenvalue weighted by Gasteiger charge is 2.16. The average molecular weight is 279 g/mol. The Morgan fingerprint density at radius 2 is 2.20 bits per heavy atom. The maximum atomic E-state index is 6.20. The van der Waals surface area contributed by atoms with E-state index in [2.05, 4.69) is 0 Å². The van der Waals surface area contributed by atoms with Gasteiger partial charge in [0.1, 0.15) is 5.75 Å². The molecule has 1 aliphatic heterocycles. The van der Waals surface area contributed by atoms with E-state index >= 15 is 0 Å². The topological polar surface area (TPSA) is 53.7 Å². The Morgan fingerprint density at radius 1 is 1.35 bits per heavy atom. The van der Waals surface area contributed by atoms with Gasteiger partial charge < -0.3 is 19.9 Å². The number of benzene rings is 1. The van der Waals surface area contributed by atoms with Gasteiger partial charge in [0, 0.05) is 12.2 Å². The van der Waals surface area contributed by atoms with Crippen LogP contribution >= 0.6 is 0 Å². The van der Waals surface area contributed by atoms with Gasteiger partial charge in [-0.1, -0.05) is 18.2 Å². The van der Waals surface area contributed by atoms with Crippen LogP contribution in [0.25, 0.3) is 0 Å². The predicted octanol–water partition coefficient (Wildman–Crippen LogP) is 2.67. The molecule has 0 amide bonds. The molecule has 1 aromatic rings. The molecule has 1 fully saturated rings. The predicted molar refractivity (Wildman–Crippen MR) is 78.9 cm³/mol. The van der Waals surface area contributed by atoms with Crippen molar-refractivity contribution in [3.8, 4) is 5.75 Å². The van der Waals surface area contributed by atoms with Crippen molar-refractivity contribution in [1.29, 1.82) is 0 Å². The summed E-state index contributed by atoms with van der Waals surface area (Å²) < 4.78 is 16.9.